The molecule has 0 spiro atoms. The number of rotatable bonds is 3. The van der Waals surface area contributed by atoms with Crippen LogP contribution in [0.3, 0.4) is 0 Å². The molecule has 0 unspecified atom stereocenters. The van der Waals surface area contributed by atoms with Gasteiger partial charge in [0.1, 0.15) is 5.75 Å². The minimum atomic E-state index is -0.172. The zero-order valence-corrected chi connectivity index (χ0v) is 15.7. The number of fused-ring (bicyclic) bond motifs is 1. The summed E-state index contributed by atoms with van der Waals surface area (Å²) in [6, 6.07) is 15.9. The smallest absolute Gasteiger partial charge is 0.254 e. The molecule has 0 fully saturated rings. The van der Waals surface area contributed by atoms with E-state index in [1.807, 2.05) is 48.3 Å². The highest BCUT2D eigenvalue weighted by Gasteiger charge is 2.47. The predicted molar refractivity (Wildman–Crippen MR) is 101 cm³/mol. The van der Waals surface area contributed by atoms with Crippen molar-refractivity contribution in [2.24, 2.45) is 0 Å². The molecule has 2 atom stereocenters. The van der Waals surface area contributed by atoms with E-state index in [4.69, 9.17) is 4.74 Å². The van der Waals surface area contributed by atoms with Crippen LogP contribution in [-0.4, -0.2) is 29.4 Å². The van der Waals surface area contributed by atoms with Gasteiger partial charge in [-0.1, -0.05) is 65.9 Å². The highest BCUT2D eigenvalue weighted by Crippen LogP contribution is 2.49. The van der Waals surface area contributed by atoms with Crippen molar-refractivity contribution in [1.82, 2.24) is 4.90 Å². The monoisotopic (exact) mass is 421 g/mol. The van der Waals surface area contributed by atoms with Crippen LogP contribution >= 0.6 is 22.6 Å². The molecule has 4 heteroatoms. The molecule has 0 saturated heterocycles. The van der Waals surface area contributed by atoms with Crippen LogP contribution in [0.25, 0.3) is 0 Å². The predicted octanol–water partition coefficient (Wildman–Crippen LogP) is 4.21. The van der Waals surface area contributed by atoms with Crippen molar-refractivity contribution in [3.05, 3.63) is 65.2 Å². The summed E-state index contributed by atoms with van der Waals surface area (Å²) in [7, 11) is 3.57. The van der Waals surface area contributed by atoms with E-state index < -0.39 is 0 Å². The maximum Gasteiger partial charge on any atom is 0.254 e. The van der Waals surface area contributed by atoms with Crippen molar-refractivity contribution in [2.75, 3.05) is 18.6 Å². The Balaban J connectivity index is 2.26. The molecule has 2 aromatic carbocycles. The Labute approximate surface area is 150 Å². The first-order valence-electron chi connectivity index (χ1n) is 7.60. The lowest BCUT2D eigenvalue weighted by molar-refractivity contribution is 0.0611. The Kier molecular flexibility index (Phi) is 4.36. The summed E-state index contributed by atoms with van der Waals surface area (Å²) >= 11 is 2.42. The summed E-state index contributed by atoms with van der Waals surface area (Å²) in [5.41, 5.74) is 2.81. The number of amides is 1. The van der Waals surface area contributed by atoms with Gasteiger partial charge in [0.2, 0.25) is 0 Å². The molecule has 0 radical (unpaired) electrons. The zero-order chi connectivity index (χ0) is 16.6. The zero-order valence-electron chi connectivity index (χ0n) is 13.5. The van der Waals surface area contributed by atoms with E-state index in [9.17, 15) is 4.79 Å². The molecule has 3 rings (SSSR count). The van der Waals surface area contributed by atoms with Crippen LogP contribution in [0.4, 0.5) is 0 Å². The fraction of sp³-hybridized carbons (Fsp3) is 0.316. The lowest BCUT2D eigenvalue weighted by Crippen LogP contribution is -2.49. The van der Waals surface area contributed by atoms with E-state index >= 15 is 0 Å². The Hall–Kier alpha value is -1.56. The molecule has 3 nitrogen and oxygen atoms in total. The first kappa shape index (κ1) is 16.3. The minimum absolute atomic E-state index is 0.0575. The Morgan fingerprint density at radius 3 is 2.52 bits per heavy atom. The summed E-state index contributed by atoms with van der Waals surface area (Å²) in [6.07, 6.45) is 0. The summed E-state index contributed by atoms with van der Waals surface area (Å²) in [5.74, 6) is 0.895. The second-order valence-corrected chi connectivity index (χ2v) is 6.92. The second kappa shape index (κ2) is 6.15. The number of methoxy groups -OCH3 is 1. The maximum absolute atomic E-state index is 12.9. The van der Waals surface area contributed by atoms with Gasteiger partial charge >= 0.3 is 0 Å². The highest BCUT2D eigenvalue weighted by atomic mass is 127. The lowest BCUT2D eigenvalue weighted by Gasteiger charge is -2.47. The van der Waals surface area contributed by atoms with E-state index in [-0.39, 0.29) is 17.4 Å². The van der Waals surface area contributed by atoms with Gasteiger partial charge in [-0.2, -0.15) is 0 Å². The number of benzene rings is 2. The molecule has 0 aliphatic carbocycles. The lowest BCUT2D eigenvalue weighted by atomic mass is 9.69. The number of carbonyl (C=O) groups is 1. The second-order valence-electron chi connectivity index (χ2n) is 6.16. The van der Waals surface area contributed by atoms with E-state index in [0.717, 1.165) is 26.9 Å². The highest BCUT2D eigenvalue weighted by molar-refractivity contribution is 14.1. The quantitative estimate of drug-likeness (QED) is 0.549. The number of carbonyl (C=O) groups excluding carboxylic acids is 1. The van der Waals surface area contributed by atoms with Gasteiger partial charge in [0, 0.05) is 28.0 Å². The van der Waals surface area contributed by atoms with Gasteiger partial charge in [-0.05, 0) is 17.7 Å². The van der Waals surface area contributed by atoms with E-state index in [2.05, 4.69) is 41.6 Å². The molecule has 0 aromatic heterocycles. The van der Waals surface area contributed by atoms with Crippen molar-refractivity contribution >= 4 is 28.5 Å². The number of hydrogen-bond donors (Lipinski definition) is 0. The van der Waals surface area contributed by atoms with Crippen LogP contribution in [0.5, 0.6) is 5.75 Å². The number of alkyl halides is 1. The molecular formula is C19H20INO2. The first-order chi connectivity index (χ1) is 11.0. The molecule has 120 valence electrons. The van der Waals surface area contributed by atoms with E-state index in [1.165, 1.54) is 0 Å². The molecule has 0 bridgehead atoms. The topological polar surface area (TPSA) is 29.5 Å². The van der Waals surface area contributed by atoms with Crippen LogP contribution in [0.1, 0.15) is 34.5 Å². The van der Waals surface area contributed by atoms with Crippen molar-refractivity contribution in [1.29, 1.82) is 0 Å². The number of hydrogen-bond acceptors (Lipinski definition) is 2. The average Bonchev–Trinajstić information content (AvgIpc) is 2.60. The number of halogens is 1. The van der Waals surface area contributed by atoms with Crippen LogP contribution in [0.2, 0.25) is 0 Å². The minimum Gasteiger partial charge on any atom is -0.496 e. The third-order valence-corrected chi connectivity index (χ3v) is 6.38. The Morgan fingerprint density at radius 1 is 1.17 bits per heavy atom. The molecule has 0 saturated carbocycles. The van der Waals surface area contributed by atoms with Gasteiger partial charge in [-0.25, -0.2) is 0 Å². The molecule has 0 N–H and O–H groups in total. The molecule has 23 heavy (non-hydrogen) atoms. The van der Waals surface area contributed by atoms with Crippen molar-refractivity contribution in [3.63, 3.8) is 0 Å². The summed E-state index contributed by atoms with van der Waals surface area (Å²) in [6.45, 7) is 2.23. The number of para-hydroxylation sites is 1. The number of ether oxygens (including phenoxy) is 1. The van der Waals surface area contributed by atoms with Crippen molar-refractivity contribution in [2.45, 2.75) is 18.4 Å². The van der Waals surface area contributed by atoms with Gasteiger partial charge in [-0.3, -0.25) is 4.79 Å². The molecule has 1 heterocycles. The molecular weight excluding hydrogens is 401 g/mol. The van der Waals surface area contributed by atoms with Crippen molar-refractivity contribution in [3.8, 4) is 5.75 Å². The van der Waals surface area contributed by atoms with Crippen LogP contribution in [0, 0.1) is 0 Å². The number of likely N-dealkylation sites (N-methyl/N-ethyl adjacent to an activating group) is 1. The summed E-state index contributed by atoms with van der Waals surface area (Å²) in [5, 5.41) is 0. The first-order valence-corrected chi connectivity index (χ1v) is 9.12. The number of nitrogens with zero attached hydrogens (tertiary/aromatic N) is 1. The molecule has 1 amide bonds. The summed E-state index contributed by atoms with van der Waals surface area (Å²) < 4.78 is 6.47. The van der Waals surface area contributed by atoms with Crippen molar-refractivity contribution < 1.29 is 9.53 Å². The maximum atomic E-state index is 12.9. The fourth-order valence-electron chi connectivity index (χ4n) is 3.64. The third kappa shape index (κ3) is 2.43. The van der Waals surface area contributed by atoms with Gasteiger partial charge in [-0.15, -0.1) is 0 Å². The summed E-state index contributed by atoms with van der Waals surface area (Å²) in [4.78, 5) is 14.7. The molecule has 1 aliphatic heterocycles. The van der Waals surface area contributed by atoms with E-state index in [1.54, 1.807) is 7.11 Å². The van der Waals surface area contributed by atoms with Gasteiger partial charge in [0.15, 0.2) is 0 Å². The normalized spacial score (nSPS) is 23.6. The van der Waals surface area contributed by atoms with Crippen LogP contribution in [0.15, 0.2) is 48.5 Å². The Bertz CT molecular complexity index is 746. The van der Waals surface area contributed by atoms with E-state index in [0.29, 0.717) is 0 Å². The third-order valence-electron chi connectivity index (χ3n) is 4.80. The Morgan fingerprint density at radius 2 is 1.83 bits per heavy atom. The van der Waals surface area contributed by atoms with Gasteiger partial charge < -0.3 is 9.64 Å². The molecule has 2 aromatic rings. The largest absolute Gasteiger partial charge is 0.496 e. The van der Waals surface area contributed by atoms with Gasteiger partial charge in [0.25, 0.3) is 5.91 Å². The average molecular weight is 421 g/mol. The van der Waals surface area contributed by atoms with Crippen LogP contribution < -0.4 is 4.74 Å². The van der Waals surface area contributed by atoms with Crippen LogP contribution in [-0.2, 0) is 5.41 Å². The SMILES string of the molecule is COc1ccccc1[C@H]1N(C)C(=O)c2ccccc2[C@]1(C)CI. The fourth-order valence-corrected chi connectivity index (χ4v) is 4.47. The molecule has 1 aliphatic rings. The van der Waals surface area contributed by atoms with Gasteiger partial charge in [0.05, 0.1) is 13.2 Å². The standard InChI is InChI=1S/C19H20INO2/c1-19(12-20)15-10-6-4-8-13(15)18(22)21(2)17(19)14-9-5-7-11-16(14)23-3/h4-11,17H,12H2,1-3H3/t17-,19+/m1/s1.